The summed E-state index contributed by atoms with van der Waals surface area (Å²) in [6.07, 6.45) is -2.55. The van der Waals surface area contributed by atoms with Gasteiger partial charge in [-0.15, -0.1) is 11.6 Å². The second kappa shape index (κ2) is 4.84. The van der Waals surface area contributed by atoms with E-state index in [1.165, 1.54) is 6.07 Å². The summed E-state index contributed by atoms with van der Waals surface area (Å²) in [6, 6.07) is 1.31. The lowest BCUT2D eigenvalue weighted by molar-refractivity contribution is 0.145. The highest BCUT2D eigenvalue weighted by Gasteiger charge is 2.14. The van der Waals surface area contributed by atoms with Gasteiger partial charge in [-0.05, 0) is 50.2 Å². The molecule has 0 saturated carbocycles. The molecule has 0 unspecified atom stereocenters. The van der Waals surface area contributed by atoms with E-state index in [9.17, 15) is 8.78 Å². The third-order valence-electron chi connectivity index (χ3n) is 1.38. The molecule has 0 N–H and O–H groups in total. The van der Waals surface area contributed by atoms with Crippen LogP contribution >= 0.6 is 50.1 Å². The van der Waals surface area contributed by atoms with Crippen molar-refractivity contribution in [2.75, 3.05) is 0 Å². The smallest absolute Gasteiger partial charge is 0.240 e. The lowest BCUT2D eigenvalue weighted by Crippen LogP contribution is -1.97. The van der Waals surface area contributed by atoms with Gasteiger partial charge in [0.15, 0.2) is 0 Å². The molecule has 0 radical (unpaired) electrons. The maximum Gasteiger partial charge on any atom is 0.280 e. The van der Waals surface area contributed by atoms with E-state index in [2.05, 4.69) is 20.9 Å². The minimum atomic E-state index is -2.55. The van der Waals surface area contributed by atoms with Crippen molar-refractivity contribution in [2.45, 2.75) is 12.3 Å². The molecule has 13 heavy (non-hydrogen) atoms. The van der Waals surface area contributed by atoms with Crippen LogP contribution in [0, 0.1) is 3.70 Å². The van der Waals surface area contributed by atoms with Crippen LogP contribution in [-0.2, 0) is 5.88 Å². The van der Waals surface area contributed by atoms with Crippen LogP contribution in [0.3, 0.4) is 0 Å². The van der Waals surface area contributed by atoms with Crippen molar-refractivity contribution in [3.63, 3.8) is 0 Å². The van der Waals surface area contributed by atoms with E-state index in [4.69, 9.17) is 11.6 Å². The Morgan fingerprint density at radius 2 is 2.23 bits per heavy atom. The zero-order valence-electron chi connectivity index (χ0n) is 6.20. The molecule has 1 aromatic rings. The van der Waals surface area contributed by atoms with Crippen molar-refractivity contribution < 1.29 is 8.78 Å². The fourth-order valence-electron chi connectivity index (χ4n) is 0.778. The predicted octanol–water partition coefficient (Wildman–Crippen LogP) is 4.13. The Labute approximate surface area is 101 Å². The largest absolute Gasteiger partial charge is 0.280 e. The highest BCUT2D eigenvalue weighted by molar-refractivity contribution is 14.1. The summed E-state index contributed by atoms with van der Waals surface area (Å²) < 4.78 is 25.7. The number of hydrogen-bond acceptors (Lipinski definition) is 1. The minimum absolute atomic E-state index is 0.193. The first-order chi connectivity index (χ1) is 6.06. The van der Waals surface area contributed by atoms with Gasteiger partial charge < -0.3 is 0 Å². The Morgan fingerprint density at radius 1 is 1.62 bits per heavy atom. The molecule has 72 valence electrons. The van der Waals surface area contributed by atoms with Crippen LogP contribution in [0.15, 0.2) is 10.5 Å². The van der Waals surface area contributed by atoms with Gasteiger partial charge in [-0.2, -0.15) is 0 Å². The molecule has 6 heteroatoms. The summed E-state index contributed by atoms with van der Waals surface area (Å²) in [5.41, 5.74) is 0.402. The highest BCUT2D eigenvalue weighted by Crippen LogP contribution is 2.27. The Morgan fingerprint density at radius 3 is 2.69 bits per heavy atom. The molecule has 1 heterocycles. The molecule has 0 fully saturated rings. The normalized spacial score (nSPS) is 10.9. The Balaban J connectivity index is 3.22. The van der Waals surface area contributed by atoms with Gasteiger partial charge in [-0.1, -0.05) is 0 Å². The fourth-order valence-corrected chi connectivity index (χ4v) is 2.12. The third-order valence-corrected chi connectivity index (χ3v) is 4.07. The standard InChI is InChI=1S/C7H4BrClF2IN/c8-5-3(2-9)1-4(6(10)11)13-7(5)12/h1,6H,2H2. The van der Waals surface area contributed by atoms with Gasteiger partial charge in [-0.3, -0.25) is 0 Å². The van der Waals surface area contributed by atoms with Crippen LogP contribution < -0.4 is 0 Å². The number of alkyl halides is 3. The van der Waals surface area contributed by atoms with Crippen molar-refractivity contribution in [2.24, 2.45) is 0 Å². The summed E-state index contributed by atoms with van der Waals surface area (Å²) in [6.45, 7) is 0. The quantitative estimate of drug-likeness (QED) is 0.426. The molecule has 1 rings (SSSR count). The zero-order chi connectivity index (χ0) is 10.0. The van der Waals surface area contributed by atoms with E-state index in [0.29, 0.717) is 13.7 Å². The van der Waals surface area contributed by atoms with E-state index in [0.717, 1.165) is 0 Å². The van der Waals surface area contributed by atoms with E-state index in [-0.39, 0.29) is 11.6 Å². The molecular weight excluding hydrogens is 378 g/mol. The molecule has 0 bridgehead atoms. The Bertz CT molecular complexity index is 322. The molecule has 0 atom stereocenters. The summed E-state index contributed by atoms with van der Waals surface area (Å²) in [5, 5.41) is 0. The molecule has 0 aliphatic heterocycles. The Hall–Kier alpha value is 0.510. The van der Waals surface area contributed by atoms with Crippen molar-refractivity contribution in [1.82, 2.24) is 4.98 Å². The molecular formula is C7H4BrClF2IN. The van der Waals surface area contributed by atoms with Gasteiger partial charge in [0, 0.05) is 5.88 Å². The van der Waals surface area contributed by atoms with E-state index < -0.39 is 6.43 Å². The van der Waals surface area contributed by atoms with Crippen molar-refractivity contribution in [1.29, 1.82) is 0 Å². The SMILES string of the molecule is FC(F)c1cc(CCl)c(Br)c(I)n1. The summed E-state index contributed by atoms with van der Waals surface area (Å²) in [5.74, 6) is 0.193. The van der Waals surface area contributed by atoms with Crippen LogP contribution in [-0.4, -0.2) is 4.98 Å². The first kappa shape index (κ1) is 11.6. The van der Waals surface area contributed by atoms with Crippen molar-refractivity contribution in [3.05, 3.63) is 25.5 Å². The average molecular weight is 382 g/mol. The van der Waals surface area contributed by atoms with Crippen LogP contribution in [0.1, 0.15) is 17.7 Å². The van der Waals surface area contributed by atoms with Gasteiger partial charge in [-0.25, -0.2) is 13.8 Å². The molecule has 0 aliphatic carbocycles. The summed E-state index contributed by atoms with van der Waals surface area (Å²) >= 11 is 10.7. The van der Waals surface area contributed by atoms with Crippen molar-refractivity contribution in [3.8, 4) is 0 Å². The fraction of sp³-hybridized carbons (Fsp3) is 0.286. The van der Waals surface area contributed by atoms with E-state index >= 15 is 0 Å². The second-order valence-corrected chi connectivity index (χ2v) is 4.33. The van der Waals surface area contributed by atoms with Crippen LogP contribution in [0.2, 0.25) is 0 Å². The van der Waals surface area contributed by atoms with E-state index in [1.807, 2.05) is 22.6 Å². The molecule has 1 nitrogen and oxygen atoms in total. The summed E-state index contributed by atoms with van der Waals surface area (Å²) in [7, 11) is 0. The Kier molecular flexibility index (Phi) is 4.31. The van der Waals surface area contributed by atoms with Crippen LogP contribution in [0.5, 0.6) is 0 Å². The minimum Gasteiger partial charge on any atom is -0.240 e. The van der Waals surface area contributed by atoms with Gasteiger partial charge >= 0.3 is 0 Å². The van der Waals surface area contributed by atoms with Gasteiger partial charge in [0.2, 0.25) is 0 Å². The van der Waals surface area contributed by atoms with Gasteiger partial charge in [0.05, 0.1) is 4.47 Å². The first-order valence-electron chi connectivity index (χ1n) is 3.25. The molecule has 0 aliphatic rings. The molecule has 0 spiro atoms. The highest BCUT2D eigenvalue weighted by atomic mass is 127. The van der Waals surface area contributed by atoms with Crippen molar-refractivity contribution >= 4 is 50.1 Å². The number of rotatable bonds is 2. The monoisotopic (exact) mass is 381 g/mol. The number of halogens is 5. The lowest BCUT2D eigenvalue weighted by atomic mass is 10.2. The third kappa shape index (κ3) is 2.73. The number of hydrogen-bond donors (Lipinski definition) is 0. The summed E-state index contributed by atoms with van der Waals surface area (Å²) in [4.78, 5) is 3.71. The van der Waals surface area contributed by atoms with Crippen LogP contribution in [0.4, 0.5) is 8.78 Å². The second-order valence-electron chi connectivity index (χ2n) is 2.25. The first-order valence-corrected chi connectivity index (χ1v) is 5.65. The number of aromatic nitrogens is 1. The zero-order valence-corrected chi connectivity index (χ0v) is 10.7. The van der Waals surface area contributed by atoms with Crippen LogP contribution in [0.25, 0.3) is 0 Å². The predicted molar refractivity (Wildman–Crippen MR) is 59.2 cm³/mol. The molecule has 0 amide bonds. The molecule has 1 aromatic heterocycles. The lowest BCUT2D eigenvalue weighted by Gasteiger charge is -2.05. The average Bonchev–Trinajstić information content (AvgIpc) is 2.09. The number of nitrogens with zero attached hydrogens (tertiary/aromatic N) is 1. The van der Waals surface area contributed by atoms with E-state index in [1.54, 1.807) is 0 Å². The van der Waals surface area contributed by atoms with Gasteiger partial charge in [0.1, 0.15) is 9.39 Å². The molecule has 0 saturated heterocycles. The maximum absolute atomic E-state index is 12.3. The van der Waals surface area contributed by atoms with Gasteiger partial charge in [0.25, 0.3) is 6.43 Å². The maximum atomic E-state index is 12.3. The number of pyridine rings is 1. The topological polar surface area (TPSA) is 12.9 Å². The molecule has 0 aromatic carbocycles.